The second-order valence-electron chi connectivity index (χ2n) is 3.07. The molecular formula is C11H16N2O4. The van der Waals surface area contributed by atoms with Gasteiger partial charge in [0.25, 0.3) is 0 Å². The summed E-state index contributed by atoms with van der Waals surface area (Å²) in [5.74, 6) is 5.59. The van der Waals surface area contributed by atoms with Gasteiger partial charge in [0.05, 0.1) is 19.6 Å². The van der Waals surface area contributed by atoms with E-state index in [2.05, 4.69) is 4.84 Å². The van der Waals surface area contributed by atoms with Gasteiger partial charge in [0, 0.05) is 0 Å². The van der Waals surface area contributed by atoms with Gasteiger partial charge in [-0.3, -0.25) is 4.79 Å². The van der Waals surface area contributed by atoms with E-state index in [0.29, 0.717) is 18.1 Å². The molecule has 6 nitrogen and oxygen atoms in total. The number of hydrazine groups is 1. The van der Waals surface area contributed by atoms with Crippen molar-refractivity contribution in [3.8, 4) is 11.5 Å². The lowest BCUT2D eigenvalue weighted by atomic mass is 10.3. The Bertz CT molecular complexity index is 357. The minimum Gasteiger partial charge on any atom is -0.490 e. The Hall–Kier alpha value is -1.79. The highest BCUT2D eigenvalue weighted by atomic mass is 16.7. The largest absolute Gasteiger partial charge is 0.490 e. The molecule has 0 radical (unpaired) electrons. The molecule has 0 fully saturated rings. The number of nitrogens with one attached hydrogen (secondary N) is 1. The summed E-state index contributed by atoms with van der Waals surface area (Å²) in [5.41, 5.74) is 1.82. The van der Waals surface area contributed by atoms with Crippen molar-refractivity contribution in [3.05, 3.63) is 24.3 Å². The summed E-state index contributed by atoms with van der Waals surface area (Å²) in [5, 5.41) is 0. The van der Waals surface area contributed by atoms with Crippen molar-refractivity contribution in [2.45, 2.75) is 13.3 Å². The summed E-state index contributed by atoms with van der Waals surface area (Å²) < 4.78 is 10.8. The Balaban J connectivity index is 2.43. The molecule has 0 unspecified atom stereocenters. The first kappa shape index (κ1) is 13.3. The molecule has 1 aromatic rings. The van der Waals surface area contributed by atoms with Gasteiger partial charge in [-0.15, -0.1) is 0 Å². The Kier molecular flexibility index (Phi) is 5.84. The van der Waals surface area contributed by atoms with Crippen LogP contribution in [-0.4, -0.2) is 19.2 Å². The third kappa shape index (κ3) is 4.71. The number of hydrogen-bond donors (Lipinski definition) is 2. The molecule has 0 aromatic heterocycles. The van der Waals surface area contributed by atoms with Crippen LogP contribution < -0.4 is 20.9 Å². The highest BCUT2D eigenvalue weighted by Gasteiger charge is 2.06. The van der Waals surface area contributed by atoms with Crippen LogP contribution in [0.5, 0.6) is 11.5 Å². The number of benzene rings is 1. The van der Waals surface area contributed by atoms with Crippen LogP contribution in [0.15, 0.2) is 24.3 Å². The number of nitrogens with two attached hydrogens (primary N) is 1. The lowest BCUT2D eigenvalue weighted by molar-refractivity contribution is -0.151. The molecule has 94 valence electrons. The number of carbonyl (C=O) groups is 1. The normalized spacial score (nSPS) is 9.76. The minimum absolute atomic E-state index is 0.102. The van der Waals surface area contributed by atoms with E-state index in [0.717, 1.165) is 0 Å². The van der Waals surface area contributed by atoms with E-state index in [1.165, 1.54) is 0 Å². The first-order valence-electron chi connectivity index (χ1n) is 5.27. The topological polar surface area (TPSA) is 82.8 Å². The van der Waals surface area contributed by atoms with Crippen LogP contribution in [0.3, 0.4) is 0 Å². The average molecular weight is 240 g/mol. The predicted octanol–water partition coefficient (Wildman–Crippen LogP) is 0.776. The zero-order valence-electron chi connectivity index (χ0n) is 9.64. The number of rotatable bonds is 7. The monoisotopic (exact) mass is 240 g/mol. The lowest BCUT2D eigenvalue weighted by Crippen LogP contribution is -2.26. The molecule has 1 aromatic carbocycles. The standard InChI is InChI=1S/C11H16N2O4/c1-2-15-9-5-3-4-6-10(9)16-8-7-11(14)17-13-12/h3-6,13H,2,7-8,12H2,1H3. The molecule has 0 aliphatic rings. The summed E-state index contributed by atoms with van der Waals surface area (Å²) in [6, 6.07) is 7.26. The summed E-state index contributed by atoms with van der Waals surface area (Å²) in [6.45, 7) is 2.64. The van der Waals surface area contributed by atoms with Gasteiger partial charge < -0.3 is 14.3 Å². The Morgan fingerprint density at radius 1 is 1.29 bits per heavy atom. The van der Waals surface area contributed by atoms with E-state index in [9.17, 15) is 4.79 Å². The van der Waals surface area contributed by atoms with Gasteiger partial charge in [-0.1, -0.05) is 17.7 Å². The zero-order valence-corrected chi connectivity index (χ0v) is 9.64. The highest BCUT2D eigenvalue weighted by Crippen LogP contribution is 2.26. The summed E-state index contributed by atoms with van der Waals surface area (Å²) in [7, 11) is 0. The van der Waals surface area contributed by atoms with Gasteiger partial charge >= 0.3 is 5.97 Å². The van der Waals surface area contributed by atoms with Gasteiger partial charge in [-0.05, 0) is 19.1 Å². The first-order chi connectivity index (χ1) is 8.27. The Morgan fingerprint density at radius 2 is 1.94 bits per heavy atom. The predicted molar refractivity (Wildman–Crippen MR) is 61.1 cm³/mol. The molecule has 0 aliphatic heterocycles. The number of hydrogen-bond acceptors (Lipinski definition) is 6. The molecule has 0 amide bonds. The van der Waals surface area contributed by atoms with Gasteiger partial charge in [-0.2, -0.15) is 0 Å². The fourth-order valence-corrected chi connectivity index (χ4v) is 1.21. The van der Waals surface area contributed by atoms with Crippen molar-refractivity contribution in [2.75, 3.05) is 13.2 Å². The second kappa shape index (κ2) is 7.48. The molecule has 0 aliphatic carbocycles. The number of para-hydroxylation sites is 2. The van der Waals surface area contributed by atoms with Crippen LogP contribution in [0.25, 0.3) is 0 Å². The lowest BCUT2D eigenvalue weighted by Gasteiger charge is -2.10. The maximum atomic E-state index is 11.0. The molecule has 0 saturated heterocycles. The zero-order chi connectivity index (χ0) is 12.5. The highest BCUT2D eigenvalue weighted by molar-refractivity contribution is 5.69. The quantitative estimate of drug-likeness (QED) is 0.541. The van der Waals surface area contributed by atoms with E-state index in [4.69, 9.17) is 15.3 Å². The van der Waals surface area contributed by atoms with Gasteiger partial charge in [0.15, 0.2) is 11.5 Å². The van der Waals surface area contributed by atoms with Gasteiger partial charge in [0.1, 0.15) is 0 Å². The van der Waals surface area contributed by atoms with Crippen LogP contribution in [0.2, 0.25) is 0 Å². The van der Waals surface area contributed by atoms with E-state index in [1.54, 1.807) is 12.1 Å². The van der Waals surface area contributed by atoms with Crippen molar-refractivity contribution in [3.63, 3.8) is 0 Å². The van der Waals surface area contributed by atoms with E-state index in [-0.39, 0.29) is 13.0 Å². The molecule has 0 heterocycles. The van der Waals surface area contributed by atoms with Crippen LogP contribution in [0.1, 0.15) is 13.3 Å². The fourth-order valence-electron chi connectivity index (χ4n) is 1.21. The third-order valence-corrected chi connectivity index (χ3v) is 1.89. The molecule has 0 spiro atoms. The molecule has 3 N–H and O–H groups in total. The molecule has 6 heteroatoms. The number of ether oxygens (including phenoxy) is 2. The maximum Gasteiger partial charge on any atom is 0.329 e. The molecule has 17 heavy (non-hydrogen) atoms. The van der Waals surface area contributed by atoms with Crippen molar-refractivity contribution in [2.24, 2.45) is 5.84 Å². The van der Waals surface area contributed by atoms with E-state index in [1.807, 2.05) is 24.6 Å². The van der Waals surface area contributed by atoms with E-state index >= 15 is 0 Å². The van der Waals surface area contributed by atoms with Gasteiger partial charge in [-0.25, -0.2) is 5.84 Å². The van der Waals surface area contributed by atoms with Crippen LogP contribution in [0, 0.1) is 0 Å². The van der Waals surface area contributed by atoms with Crippen LogP contribution >= 0.6 is 0 Å². The third-order valence-electron chi connectivity index (χ3n) is 1.89. The second-order valence-corrected chi connectivity index (χ2v) is 3.07. The smallest absolute Gasteiger partial charge is 0.329 e. The van der Waals surface area contributed by atoms with Gasteiger partial charge in [0.2, 0.25) is 0 Å². The molecule has 1 rings (SSSR count). The van der Waals surface area contributed by atoms with Crippen molar-refractivity contribution in [1.29, 1.82) is 0 Å². The molecular weight excluding hydrogens is 224 g/mol. The number of carbonyl (C=O) groups excluding carboxylic acids is 1. The Morgan fingerprint density at radius 3 is 2.53 bits per heavy atom. The minimum atomic E-state index is -0.485. The maximum absolute atomic E-state index is 11.0. The van der Waals surface area contributed by atoms with Crippen molar-refractivity contribution < 1.29 is 19.1 Å². The van der Waals surface area contributed by atoms with Crippen molar-refractivity contribution in [1.82, 2.24) is 5.59 Å². The van der Waals surface area contributed by atoms with Crippen molar-refractivity contribution >= 4 is 5.97 Å². The summed E-state index contributed by atoms with van der Waals surface area (Å²) >= 11 is 0. The van der Waals surface area contributed by atoms with Crippen LogP contribution in [-0.2, 0) is 9.63 Å². The Labute approximate surface area is 99.6 Å². The first-order valence-corrected chi connectivity index (χ1v) is 5.27. The SMILES string of the molecule is CCOc1ccccc1OCCC(=O)ONN. The summed E-state index contributed by atoms with van der Waals surface area (Å²) in [6.07, 6.45) is 0.102. The molecule has 0 atom stereocenters. The fraction of sp³-hybridized carbons (Fsp3) is 0.364. The van der Waals surface area contributed by atoms with E-state index < -0.39 is 5.97 Å². The average Bonchev–Trinajstić information content (AvgIpc) is 2.32. The van der Waals surface area contributed by atoms with Crippen LogP contribution in [0.4, 0.5) is 0 Å². The molecule has 0 saturated carbocycles. The summed E-state index contributed by atoms with van der Waals surface area (Å²) in [4.78, 5) is 15.3. The molecule has 0 bridgehead atoms.